The summed E-state index contributed by atoms with van der Waals surface area (Å²) in [5.74, 6) is 0.382. The fourth-order valence-electron chi connectivity index (χ4n) is 4.49. The predicted molar refractivity (Wildman–Crippen MR) is 131 cm³/mol. The third-order valence-electron chi connectivity index (χ3n) is 6.24. The van der Waals surface area contributed by atoms with E-state index >= 15 is 0 Å². The molecule has 3 aromatic rings. The monoisotopic (exact) mass is 412 g/mol. The minimum atomic E-state index is 0.0946. The van der Waals surface area contributed by atoms with Gasteiger partial charge in [0.1, 0.15) is 0 Å². The van der Waals surface area contributed by atoms with Crippen LogP contribution in [-0.4, -0.2) is 25.5 Å². The number of benzene rings is 3. The molecule has 31 heavy (non-hydrogen) atoms. The lowest BCUT2D eigenvalue weighted by Crippen LogP contribution is -2.43. The Hall–Kier alpha value is -3.07. The first-order valence-corrected chi connectivity index (χ1v) is 11.5. The number of rotatable bonds is 7. The topological polar surface area (TPSA) is 23.6 Å². The van der Waals surface area contributed by atoms with Gasteiger partial charge in [0.25, 0.3) is 0 Å². The van der Waals surface area contributed by atoms with E-state index in [-0.39, 0.29) is 11.8 Å². The molecule has 0 spiro atoms. The number of piperidine rings is 1. The van der Waals surface area contributed by atoms with Crippen molar-refractivity contribution in [3.63, 3.8) is 0 Å². The minimum absolute atomic E-state index is 0.0946. The Bertz CT molecular complexity index is 963. The summed E-state index contributed by atoms with van der Waals surface area (Å²) < 4.78 is 0. The van der Waals surface area contributed by atoms with Crippen molar-refractivity contribution in [3.8, 4) is 11.1 Å². The Morgan fingerprint density at radius 2 is 1.48 bits per heavy atom. The van der Waals surface area contributed by atoms with E-state index in [4.69, 9.17) is 0 Å². The SMILES string of the molecule is CCCCN(C(=O)C1CCN(c2ccccc2-c2ccccc2)CC1)c1ccccc1. The second kappa shape index (κ2) is 10.3. The molecule has 3 nitrogen and oxygen atoms in total. The number of carbonyl (C=O) groups excluding carboxylic acids is 1. The second-order valence-electron chi connectivity index (χ2n) is 8.32. The van der Waals surface area contributed by atoms with Gasteiger partial charge in [-0.3, -0.25) is 4.79 Å². The maximum Gasteiger partial charge on any atom is 0.230 e. The van der Waals surface area contributed by atoms with Gasteiger partial charge in [-0.2, -0.15) is 0 Å². The van der Waals surface area contributed by atoms with Gasteiger partial charge in [-0.15, -0.1) is 0 Å². The summed E-state index contributed by atoms with van der Waals surface area (Å²) >= 11 is 0. The van der Waals surface area contributed by atoms with E-state index in [1.165, 1.54) is 16.8 Å². The maximum atomic E-state index is 13.4. The predicted octanol–water partition coefficient (Wildman–Crippen LogP) is 6.40. The van der Waals surface area contributed by atoms with Crippen molar-refractivity contribution in [1.29, 1.82) is 0 Å². The molecule has 1 saturated heterocycles. The zero-order valence-electron chi connectivity index (χ0n) is 18.4. The molecule has 3 heteroatoms. The molecular formula is C28H32N2O. The van der Waals surface area contributed by atoms with Crippen molar-refractivity contribution < 1.29 is 4.79 Å². The first-order valence-electron chi connectivity index (χ1n) is 11.5. The van der Waals surface area contributed by atoms with E-state index in [9.17, 15) is 4.79 Å². The number of amides is 1. The molecule has 1 heterocycles. The highest BCUT2D eigenvalue weighted by atomic mass is 16.2. The number of nitrogens with zero attached hydrogens (tertiary/aromatic N) is 2. The molecule has 1 aliphatic heterocycles. The van der Waals surface area contributed by atoms with Crippen LogP contribution >= 0.6 is 0 Å². The molecule has 0 bridgehead atoms. The van der Waals surface area contributed by atoms with Crippen LogP contribution in [0.15, 0.2) is 84.9 Å². The van der Waals surface area contributed by atoms with Crippen LogP contribution in [-0.2, 0) is 4.79 Å². The standard InChI is InChI=1S/C28H32N2O/c1-2-3-20-30(25-14-8-5-9-15-25)28(31)24-18-21-29(22-19-24)27-17-11-10-16-26(27)23-12-6-4-7-13-23/h4-17,24H,2-3,18-22H2,1H3. The molecule has 4 rings (SSSR count). The van der Waals surface area contributed by atoms with Crippen LogP contribution in [0.3, 0.4) is 0 Å². The number of carbonyl (C=O) groups is 1. The Kier molecular flexibility index (Phi) is 7.03. The summed E-state index contributed by atoms with van der Waals surface area (Å²) in [6.07, 6.45) is 3.92. The van der Waals surface area contributed by atoms with Crippen molar-refractivity contribution in [3.05, 3.63) is 84.9 Å². The summed E-state index contributed by atoms with van der Waals surface area (Å²) in [6.45, 7) is 4.81. The Morgan fingerprint density at radius 3 is 2.16 bits per heavy atom. The summed E-state index contributed by atoms with van der Waals surface area (Å²) in [7, 11) is 0. The summed E-state index contributed by atoms with van der Waals surface area (Å²) in [5, 5.41) is 0. The van der Waals surface area contributed by atoms with E-state index in [2.05, 4.69) is 78.6 Å². The number of unbranched alkanes of at least 4 members (excludes halogenated alkanes) is 1. The van der Waals surface area contributed by atoms with Gasteiger partial charge in [-0.25, -0.2) is 0 Å². The molecule has 0 N–H and O–H groups in total. The molecule has 160 valence electrons. The quantitative estimate of drug-likeness (QED) is 0.448. The molecule has 1 amide bonds. The lowest BCUT2D eigenvalue weighted by atomic mass is 9.93. The largest absolute Gasteiger partial charge is 0.371 e. The summed E-state index contributed by atoms with van der Waals surface area (Å²) in [6, 6.07) is 29.3. The molecule has 0 aliphatic carbocycles. The van der Waals surface area contributed by atoms with Gasteiger partial charge in [0.05, 0.1) is 0 Å². The van der Waals surface area contributed by atoms with Crippen LogP contribution in [0.25, 0.3) is 11.1 Å². The van der Waals surface area contributed by atoms with Crippen LogP contribution in [0.5, 0.6) is 0 Å². The summed E-state index contributed by atoms with van der Waals surface area (Å²) in [5.41, 5.74) is 4.80. The highest BCUT2D eigenvalue weighted by Gasteiger charge is 2.29. The third kappa shape index (κ3) is 4.99. The molecule has 0 unspecified atom stereocenters. The fraction of sp³-hybridized carbons (Fsp3) is 0.321. The van der Waals surface area contributed by atoms with Gasteiger partial charge in [0.15, 0.2) is 0 Å². The number of para-hydroxylation sites is 2. The lowest BCUT2D eigenvalue weighted by molar-refractivity contribution is -0.123. The maximum absolute atomic E-state index is 13.4. The van der Waals surface area contributed by atoms with Crippen LogP contribution in [0.4, 0.5) is 11.4 Å². The van der Waals surface area contributed by atoms with Gasteiger partial charge < -0.3 is 9.80 Å². The normalized spacial score (nSPS) is 14.4. The Balaban J connectivity index is 1.47. The molecule has 0 saturated carbocycles. The van der Waals surface area contributed by atoms with E-state index in [0.717, 1.165) is 51.0 Å². The fourth-order valence-corrected chi connectivity index (χ4v) is 4.49. The number of anilines is 2. The van der Waals surface area contributed by atoms with Crippen molar-refractivity contribution >= 4 is 17.3 Å². The molecule has 0 radical (unpaired) electrons. The first kappa shape index (κ1) is 21.2. The smallest absolute Gasteiger partial charge is 0.230 e. The van der Waals surface area contributed by atoms with Crippen molar-refractivity contribution in [2.75, 3.05) is 29.4 Å². The third-order valence-corrected chi connectivity index (χ3v) is 6.24. The van der Waals surface area contributed by atoms with Crippen LogP contribution in [0.1, 0.15) is 32.6 Å². The van der Waals surface area contributed by atoms with Gasteiger partial charge in [0.2, 0.25) is 5.91 Å². The minimum Gasteiger partial charge on any atom is -0.371 e. The molecule has 1 fully saturated rings. The zero-order valence-corrected chi connectivity index (χ0v) is 18.4. The lowest BCUT2D eigenvalue weighted by Gasteiger charge is -2.36. The van der Waals surface area contributed by atoms with Crippen molar-refractivity contribution in [2.45, 2.75) is 32.6 Å². The average molecular weight is 413 g/mol. The van der Waals surface area contributed by atoms with Crippen molar-refractivity contribution in [2.24, 2.45) is 5.92 Å². The molecule has 0 aromatic heterocycles. The average Bonchev–Trinajstić information content (AvgIpc) is 2.85. The second-order valence-corrected chi connectivity index (χ2v) is 8.32. The highest BCUT2D eigenvalue weighted by Crippen LogP contribution is 2.34. The highest BCUT2D eigenvalue weighted by molar-refractivity contribution is 5.95. The Morgan fingerprint density at radius 1 is 0.871 bits per heavy atom. The van der Waals surface area contributed by atoms with Crippen molar-refractivity contribution in [1.82, 2.24) is 0 Å². The van der Waals surface area contributed by atoms with Gasteiger partial charge in [-0.1, -0.05) is 80.1 Å². The molecule has 1 aliphatic rings. The summed E-state index contributed by atoms with van der Waals surface area (Å²) in [4.78, 5) is 17.9. The molecule has 3 aromatic carbocycles. The van der Waals surface area contributed by atoms with E-state index in [0.29, 0.717) is 0 Å². The number of hydrogen-bond acceptors (Lipinski definition) is 2. The van der Waals surface area contributed by atoms with E-state index in [1.54, 1.807) is 0 Å². The molecule has 0 atom stereocenters. The van der Waals surface area contributed by atoms with Crippen LogP contribution < -0.4 is 9.80 Å². The molecular weight excluding hydrogens is 380 g/mol. The van der Waals surface area contributed by atoms with E-state index in [1.807, 2.05) is 23.1 Å². The van der Waals surface area contributed by atoms with Crippen LogP contribution in [0, 0.1) is 5.92 Å². The van der Waals surface area contributed by atoms with Gasteiger partial charge >= 0.3 is 0 Å². The number of hydrogen-bond donors (Lipinski definition) is 0. The van der Waals surface area contributed by atoms with Crippen LogP contribution in [0.2, 0.25) is 0 Å². The van der Waals surface area contributed by atoms with Gasteiger partial charge in [0, 0.05) is 42.5 Å². The van der Waals surface area contributed by atoms with Gasteiger partial charge in [-0.05, 0) is 43.0 Å². The Labute approximate surface area is 186 Å². The van der Waals surface area contributed by atoms with E-state index < -0.39 is 0 Å². The first-order chi connectivity index (χ1) is 15.3. The zero-order chi connectivity index (χ0) is 21.5.